The summed E-state index contributed by atoms with van der Waals surface area (Å²) in [5.41, 5.74) is 0.592. The number of thiophene rings is 1. The van der Waals surface area contributed by atoms with Crippen LogP contribution in [0, 0.1) is 0 Å². The van der Waals surface area contributed by atoms with E-state index in [9.17, 15) is 19.2 Å². The van der Waals surface area contributed by atoms with Gasteiger partial charge in [0, 0.05) is 19.4 Å². The number of carbonyl (C=O) groups excluding carboxylic acids is 4. The van der Waals surface area contributed by atoms with E-state index in [1.165, 1.54) is 6.20 Å². The maximum atomic E-state index is 13.6. The van der Waals surface area contributed by atoms with Crippen LogP contribution >= 0.6 is 11.3 Å². The smallest absolute Gasteiger partial charge is 0.409 e. The lowest BCUT2D eigenvalue weighted by molar-refractivity contribution is 0.0915. The van der Waals surface area contributed by atoms with Crippen molar-refractivity contribution in [3.05, 3.63) is 125 Å². The molecule has 0 aliphatic carbocycles. The molecule has 0 saturated heterocycles. The molecular formula is C34H29N7O5S. The van der Waals surface area contributed by atoms with Gasteiger partial charge in [-0.3, -0.25) is 14.4 Å². The quantitative estimate of drug-likeness (QED) is 0.182. The van der Waals surface area contributed by atoms with Gasteiger partial charge in [0.1, 0.15) is 10.6 Å². The summed E-state index contributed by atoms with van der Waals surface area (Å²) >= 11 is 1.03. The summed E-state index contributed by atoms with van der Waals surface area (Å²) in [6.07, 6.45) is 2.30. The number of amides is 3. The summed E-state index contributed by atoms with van der Waals surface area (Å²) in [6, 6.07) is 26.0. The summed E-state index contributed by atoms with van der Waals surface area (Å²) in [7, 11) is 1.68. The molecule has 0 aliphatic rings. The lowest BCUT2D eigenvalue weighted by Crippen LogP contribution is -2.40. The molecule has 0 saturated carbocycles. The Morgan fingerprint density at radius 2 is 1.51 bits per heavy atom. The molecule has 0 bridgehead atoms. The van der Waals surface area contributed by atoms with Crippen LogP contribution in [0.15, 0.2) is 103 Å². The van der Waals surface area contributed by atoms with Gasteiger partial charge in [0.25, 0.3) is 17.7 Å². The van der Waals surface area contributed by atoms with E-state index in [0.717, 1.165) is 21.6 Å². The first-order valence-electron chi connectivity index (χ1n) is 14.5. The molecule has 3 aromatic carbocycles. The summed E-state index contributed by atoms with van der Waals surface area (Å²) in [5, 5.41) is 13.2. The van der Waals surface area contributed by atoms with Crippen molar-refractivity contribution < 1.29 is 23.9 Å². The second-order valence-electron chi connectivity index (χ2n) is 11.0. The van der Waals surface area contributed by atoms with E-state index in [0.29, 0.717) is 20.8 Å². The number of aromatic nitrogens is 4. The Kier molecular flexibility index (Phi) is 8.38. The number of carbonyl (C=O) groups is 4. The number of aryl methyl sites for hydroxylation is 1. The number of hydrogen-bond acceptors (Lipinski definition) is 8. The van der Waals surface area contributed by atoms with Crippen molar-refractivity contribution in [3.8, 4) is 5.75 Å². The maximum Gasteiger partial charge on any atom is 0.441 e. The van der Waals surface area contributed by atoms with Gasteiger partial charge in [-0.1, -0.05) is 60.7 Å². The first-order valence-corrected chi connectivity index (χ1v) is 15.3. The van der Waals surface area contributed by atoms with Crippen LogP contribution in [0.2, 0.25) is 0 Å². The van der Waals surface area contributed by atoms with Crippen LogP contribution in [0.3, 0.4) is 0 Å². The van der Waals surface area contributed by atoms with Gasteiger partial charge in [0.15, 0.2) is 11.6 Å². The van der Waals surface area contributed by atoms with Crippen molar-refractivity contribution in [2.75, 3.05) is 10.6 Å². The SMILES string of the molecule is Cn1ccnc1C(=O)Nc1ccccc1C(=O)Nc1nn(C(=O)Oc2ccccc2)c2sc(C(=O)NC(C)(C)c3ccccc3)cc12. The van der Waals surface area contributed by atoms with Gasteiger partial charge in [-0.25, -0.2) is 9.78 Å². The van der Waals surface area contributed by atoms with E-state index in [1.54, 1.807) is 78.5 Å². The van der Waals surface area contributed by atoms with Gasteiger partial charge < -0.3 is 25.3 Å². The summed E-state index contributed by atoms with van der Waals surface area (Å²) in [6.45, 7) is 3.78. The fourth-order valence-corrected chi connectivity index (χ4v) is 5.86. The zero-order valence-electron chi connectivity index (χ0n) is 25.6. The molecule has 236 valence electrons. The Hall–Kier alpha value is -6.08. The Bertz CT molecular complexity index is 2120. The number of nitrogens with one attached hydrogen (secondary N) is 3. The molecule has 0 radical (unpaired) electrons. The zero-order valence-corrected chi connectivity index (χ0v) is 26.4. The molecule has 0 spiro atoms. The van der Waals surface area contributed by atoms with Gasteiger partial charge in [-0.15, -0.1) is 16.4 Å². The van der Waals surface area contributed by atoms with E-state index >= 15 is 0 Å². The lowest BCUT2D eigenvalue weighted by atomic mass is 9.94. The number of imidazole rings is 1. The maximum absolute atomic E-state index is 13.6. The van der Waals surface area contributed by atoms with Crippen LogP contribution in [0.1, 0.15) is 50.1 Å². The van der Waals surface area contributed by atoms with Crippen molar-refractivity contribution in [3.63, 3.8) is 0 Å². The predicted octanol–water partition coefficient (Wildman–Crippen LogP) is 6.05. The minimum Gasteiger partial charge on any atom is -0.409 e. The number of fused-ring (bicyclic) bond motifs is 1. The number of rotatable bonds is 8. The van der Waals surface area contributed by atoms with E-state index < -0.39 is 23.4 Å². The number of benzene rings is 3. The van der Waals surface area contributed by atoms with Crippen molar-refractivity contribution in [1.82, 2.24) is 24.6 Å². The van der Waals surface area contributed by atoms with Gasteiger partial charge >= 0.3 is 6.09 Å². The van der Waals surface area contributed by atoms with E-state index in [-0.39, 0.29) is 28.8 Å². The summed E-state index contributed by atoms with van der Waals surface area (Å²) in [5.74, 6) is -0.994. The number of anilines is 2. The van der Waals surface area contributed by atoms with Crippen molar-refractivity contribution in [1.29, 1.82) is 0 Å². The fraction of sp³-hybridized carbons (Fsp3) is 0.118. The Morgan fingerprint density at radius 3 is 2.21 bits per heavy atom. The zero-order chi connectivity index (χ0) is 33.1. The topological polar surface area (TPSA) is 149 Å². The van der Waals surface area contributed by atoms with Gasteiger partial charge in [-0.2, -0.15) is 4.68 Å². The molecule has 6 rings (SSSR count). The summed E-state index contributed by atoms with van der Waals surface area (Å²) in [4.78, 5) is 58.0. The molecule has 0 unspecified atom stereocenters. The van der Waals surface area contributed by atoms with E-state index in [2.05, 4.69) is 26.0 Å². The molecular weight excluding hydrogens is 618 g/mol. The molecule has 0 aliphatic heterocycles. The molecule has 0 atom stereocenters. The minimum absolute atomic E-state index is 0.0258. The highest BCUT2D eigenvalue weighted by atomic mass is 32.1. The highest BCUT2D eigenvalue weighted by Gasteiger charge is 2.28. The van der Waals surface area contributed by atoms with E-state index in [1.807, 2.05) is 44.2 Å². The van der Waals surface area contributed by atoms with Crippen molar-refractivity contribution in [2.45, 2.75) is 19.4 Å². The molecule has 3 amide bonds. The summed E-state index contributed by atoms with van der Waals surface area (Å²) < 4.78 is 8.09. The van der Waals surface area contributed by atoms with Crippen molar-refractivity contribution >= 4 is 56.9 Å². The Labute approximate surface area is 273 Å². The van der Waals surface area contributed by atoms with E-state index in [4.69, 9.17) is 4.74 Å². The molecule has 47 heavy (non-hydrogen) atoms. The van der Waals surface area contributed by atoms with Gasteiger partial charge in [0.2, 0.25) is 0 Å². The van der Waals surface area contributed by atoms with Crippen LogP contribution in [-0.2, 0) is 12.6 Å². The lowest BCUT2D eigenvalue weighted by Gasteiger charge is -2.26. The Morgan fingerprint density at radius 1 is 0.830 bits per heavy atom. The average molecular weight is 648 g/mol. The fourth-order valence-electron chi connectivity index (χ4n) is 4.87. The number of para-hydroxylation sites is 2. The molecule has 3 aromatic heterocycles. The molecule has 12 nitrogen and oxygen atoms in total. The van der Waals surface area contributed by atoms with Gasteiger partial charge in [-0.05, 0) is 49.7 Å². The minimum atomic E-state index is -0.831. The van der Waals surface area contributed by atoms with Crippen LogP contribution in [-0.4, -0.2) is 43.1 Å². The molecule has 3 N–H and O–H groups in total. The largest absolute Gasteiger partial charge is 0.441 e. The third kappa shape index (κ3) is 6.51. The van der Waals surface area contributed by atoms with Gasteiger partial charge in [0.05, 0.1) is 27.1 Å². The van der Waals surface area contributed by atoms with Crippen molar-refractivity contribution in [2.24, 2.45) is 7.05 Å². The number of ether oxygens (including phenoxy) is 1. The number of hydrogen-bond donors (Lipinski definition) is 3. The average Bonchev–Trinajstić information content (AvgIpc) is 3.78. The monoisotopic (exact) mass is 647 g/mol. The second kappa shape index (κ2) is 12.7. The highest BCUT2D eigenvalue weighted by molar-refractivity contribution is 7.20. The number of nitrogens with zero attached hydrogens (tertiary/aromatic N) is 4. The highest BCUT2D eigenvalue weighted by Crippen LogP contribution is 2.33. The predicted molar refractivity (Wildman–Crippen MR) is 178 cm³/mol. The van der Waals surface area contributed by atoms with Crippen LogP contribution in [0.4, 0.5) is 16.3 Å². The Balaban J connectivity index is 1.32. The normalized spacial score (nSPS) is 11.2. The van der Waals surface area contributed by atoms with Crippen LogP contribution in [0.5, 0.6) is 5.75 Å². The third-order valence-corrected chi connectivity index (χ3v) is 8.41. The molecule has 6 aromatic rings. The molecule has 13 heteroatoms. The standard InChI is InChI=1S/C34H29N7O5S/c1-34(2,21-12-6-4-7-13-21)38-30(43)26-20-24-27(39-41(32(24)47-26)33(45)46-22-14-8-5-9-15-22)37-29(42)23-16-10-11-17-25(23)36-31(44)28-35-18-19-40(28)3/h4-20H,1-3H3,(H,36,44)(H,38,43)(H,37,39,42). The van der Waals surface area contributed by atoms with Crippen LogP contribution in [0.25, 0.3) is 10.2 Å². The molecule has 0 fully saturated rings. The first-order chi connectivity index (χ1) is 22.6. The first kappa shape index (κ1) is 30.9. The molecule has 3 heterocycles. The second-order valence-corrected chi connectivity index (χ2v) is 12.1. The van der Waals surface area contributed by atoms with Crippen LogP contribution < -0.4 is 20.7 Å². The third-order valence-electron chi connectivity index (χ3n) is 7.30.